The number of hydrogen-bond acceptors (Lipinski definition) is 6. The number of ether oxygens (including phenoxy) is 2. The molecule has 0 aromatic heterocycles. The van der Waals surface area contributed by atoms with Crippen molar-refractivity contribution in [3.63, 3.8) is 0 Å². The summed E-state index contributed by atoms with van der Waals surface area (Å²) in [4.78, 5) is 41.7. The lowest BCUT2D eigenvalue weighted by Gasteiger charge is -2.18. The Hall–Kier alpha value is -0.950. The number of esters is 2. The number of hydrogen-bond donors (Lipinski definition) is 2. The lowest BCUT2D eigenvalue weighted by atomic mass is 10.0. The molecule has 41 heavy (non-hydrogen) atoms. The molecule has 0 heterocycles. The number of unbranched alkanes of at least 4 members (excludes halogenated alkanes) is 21. The molecule has 0 rings (SSSR count). The van der Waals surface area contributed by atoms with Gasteiger partial charge in [-0.3, -0.25) is 14.1 Å². The highest BCUT2D eigenvalue weighted by Crippen LogP contribution is 2.35. The minimum Gasteiger partial charge on any atom is -0.462 e. The molecular weight excluding hydrogens is 543 g/mol. The Labute approximate surface area is 251 Å². The molecule has 0 aromatic rings. The maximum absolute atomic E-state index is 12.2. The Morgan fingerprint density at radius 3 is 1.29 bits per heavy atom. The van der Waals surface area contributed by atoms with E-state index in [-0.39, 0.29) is 19.4 Å². The third-order valence-electron chi connectivity index (χ3n) is 7.38. The van der Waals surface area contributed by atoms with Crippen molar-refractivity contribution in [1.82, 2.24) is 0 Å². The average molecular weight is 607 g/mol. The van der Waals surface area contributed by atoms with Gasteiger partial charge in [0, 0.05) is 12.8 Å². The van der Waals surface area contributed by atoms with Crippen LogP contribution in [0.25, 0.3) is 0 Å². The third-order valence-corrected chi connectivity index (χ3v) is 7.86. The molecule has 0 aliphatic carbocycles. The van der Waals surface area contributed by atoms with Gasteiger partial charge in [-0.1, -0.05) is 149 Å². The molecule has 0 radical (unpaired) electrons. The van der Waals surface area contributed by atoms with Gasteiger partial charge in [-0.2, -0.15) is 0 Å². The molecular formula is C32H63O8P. The van der Waals surface area contributed by atoms with E-state index in [0.29, 0.717) is 12.8 Å². The molecule has 244 valence electrons. The largest absolute Gasteiger partial charge is 0.469 e. The van der Waals surface area contributed by atoms with Crippen LogP contribution >= 0.6 is 7.82 Å². The minimum atomic E-state index is -4.72. The van der Waals surface area contributed by atoms with Crippen molar-refractivity contribution in [3.8, 4) is 0 Å². The van der Waals surface area contributed by atoms with Gasteiger partial charge in [0.05, 0.1) is 6.61 Å². The van der Waals surface area contributed by atoms with Crippen LogP contribution in [-0.4, -0.2) is 41.0 Å². The highest BCUT2D eigenvalue weighted by atomic mass is 31.2. The van der Waals surface area contributed by atoms with Crippen LogP contribution in [-0.2, 0) is 28.2 Å². The fourth-order valence-electron chi connectivity index (χ4n) is 4.82. The van der Waals surface area contributed by atoms with Gasteiger partial charge in [0.2, 0.25) is 0 Å². The van der Waals surface area contributed by atoms with Gasteiger partial charge in [0.25, 0.3) is 0 Å². The molecule has 8 nitrogen and oxygen atoms in total. The van der Waals surface area contributed by atoms with Gasteiger partial charge in [-0.15, -0.1) is 0 Å². The van der Waals surface area contributed by atoms with E-state index in [0.717, 1.165) is 19.3 Å². The first kappa shape index (κ1) is 40.1. The van der Waals surface area contributed by atoms with Crippen LogP contribution in [0.3, 0.4) is 0 Å². The van der Waals surface area contributed by atoms with E-state index < -0.39 is 32.5 Å². The van der Waals surface area contributed by atoms with E-state index in [4.69, 9.17) is 19.3 Å². The van der Waals surface area contributed by atoms with E-state index in [2.05, 4.69) is 11.4 Å². The zero-order chi connectivity index (χ0) is 30.4. The van der Waals surface area contributed by atoms with Crippen molar-refractivity contribution in [1.29, 1.82) is 0 Å². The summed E-state index contributed by atoms with van der Waals surface area (Å²) < 4.78 is 25.8. The molecule has 0 saturated heterocycles. The van der Waals surface area contributed by atoms with Crippen molar-refractivity contribution in [2.75, 3.05) is 13.2 Å². The molecule has 0 spiro atoms. The second kappa shape index (κ2) is 29.1. The Kier molecular flexibility index (Phi) is 28.5. The quantitative estimate of drug-likeness (QED) is 0.0455. The average Bonchev–Trinajstić information content (AvgIpc) is 2.93. The van der Waals surface area contributed by atoms with Crippen LogP contribution in [0, 0.1) is 0 Å². The number of phosphoric acid groups is 1. The lowest BCUT2D eigenvalue weighted by Crippen LogP contribution is -2.29. The molecule has 0 fully saturated rings. The standard InChI is InChI=1S/C32H63O8P/c1-3-5-7-8-9-10-11-12-13-14-15-16-17-18-19-20-21-22-23-24-25-27-32(34)40-30(29-39-41(35,36)37)28-38-31(33)26-6-4-2/h30H,3-29H2,1-2H3,(H2,35,36,37). The molecule has 0 aliphatic heterocycles. The molecule has 0 aromatic carbocycles. The number of carbonyl (C=O) groups excluding carboxylic acids is 2. The first-order chi connectivity index (χ1) is 19.8. The number of rotatable bonds is 31. The maximum Gasteiger partial charge on any atom is 0.469 e. The fraction of sp³-hybridized carbons (Fsp3) is 0.938. The van der Waals surface area contributed by atoms with Crippen molar-refractivity contribution in [3.05, 3.63) is 0 Å². The van der Waals surface area contributed by atoms with Crippen LogP contribution in [0.5, 0.6) is 0 Å². The summed E-state index contributed by atoms with van der Waals surface area (Å²) in [5.41, 5.74) is 0. The summed E-state index contributed by atoms with van der Waals surface area (Å²) in [6, 6.07) is 0. The monoisotopic (exact) mass is 606 g/mol. The molecule has 0 bridgehead atoms. The van der Waals surface area contributed by atoms with E-state index in [1.165, 1.54) is 116 Å². The molecule has 0 amide bonds. The van der Waals surface area contributed by atoms with Gasteiger partial charge < -0.3 is 19.3 Å². The van der Waals surface area contributed by atoms with Gasteiger partial charge in [0.15, 0.2) is 6.10 Å². The van der Waals surface area contributed by atoms with Gasteiger partial charge in [-0.25, -0.2) is 4.57 Å². The smallest absolute Gasteiger partial charge is 0.462 e. The number of phosphoric ester groups is 1. The second-order valence-electron chi connectivity index (χ2n) is 11.5. The summed E-state index contributed by atoms with van der Waals surface area (Å²) in [6.45, 7) is 3.41. The van der Waals surface area contributed by atoms with Crippen LogP contribution in [0.2, 0.25) is 0 Å². The zero-order valence-corrected chi connectivity index (χ0v) is 27.4. The van der Waals surface area contributed by atoms with Gasteiger partial charge in [0.1, 0.15) is 6.61 Å². The van der Waals surface area contributed by atoms with E-state index in [1.807, 2.05) is 6.92 Å². The molecule has 0 aliphatic rings. The summed E-state index contributed by atoms with van der Waals surface area (Å²) >= 11 is 0. The van der Waals surface area contributed by atoms with E-state index in [1.54, 1.807) is 0 Å². The topological polar surface area (TPSA) is 119 Å². The normalized spacial score (nSPS) is 12.4. The Morgan fingerprint density at radius 2 is 0.902 bits per heavy atom. The number of carbonyl (C=O) groups is 2. The lowest BCUT2D eigenvalue weighted by molar-refractivity contribution is -0.161. The molecule has 9 heteroatoms. The first-order valence-corrected chi connectivity index (χ1v) is 18.4. The van der Waals surface area contributed by atoms with Crippen molar-refractivity contribution in [2.24, 2.45) is 0 Å². The van der Waals surface area contributed by atoms with Crippen LogP contribution < -0.4 is 0 Å². The summed E-state index contributed by atoms with van der Waals surface area (Å²) in [5, 5.41) is 0. The predicted molar refractivity (Wildman–Crippen MR) is 166 cm³/mol. The van der Waals surface area contributed by atoms with Crippen LogP contribution in [0.4, 0.5) is 0 Å². The third kappa shape index (κ3) is 31.8. The SMILES string of the molecule is CCCCCCCCCCCCCCCCCCCCCCCC(=O)OC(COC(=O)CCCC)COP(=O)(O)O. The van der Waals surface area contributed by atoms with Crippen molar-refractivity contribution in [2.45, 2.75) is 180 Å². The summed E-state index contributed by atoms with van der Waals surface area (Å²) in [5.74, 6) is -0.917. The second-order valence-corrected chi connectivity index (χ2v) is 12.7. The summed E-state index contributed by atoms with van der Waals surface area (Å²) in [6.07, 6.45) is 28.2. The predicted octanol–water partition coefficient (Wildman–Crippen LogP) is 9.34. The zero-order valence-electron chi connectivity index (χ0n) is 26.5. The summed E-state index contributed by atoms with van der Waals surface area (Å²) in [7, 11) is -4.72. The molecule has 1 atom stereocenters. The Bertz CT molecular complexity index is 652. The fourth-order valence-corrected chi connectivity index (χ4v) is 5.18. The highest BCUT2D eigenvalue weighted by Gasteiger charge is 2.22. The Balaban J connectivity index is 3.64. The van der Waals surface area contributed by atoms with Gasteiger partial charge in [-0.05, 0) is 12.8 Å². The molecule has 0 saturated carbocycles. The maximum atomic E-state index is 12.2. The van der Waals surface area contributed by atoms with Crippen molar-refractivity contribution < 1.29 is 37.9 Å². The van der Waals surface area contributed by atoms with E-state index >= 15 is 0 Å². The Morgan fingerprint density at radius 1 is 0.537 bits per heavy atom. The van der Waals surface area contributed by atoms with Crippen molar-refractivity contribution >= 4 is 19.8 Å². The van der Waals surface area contributed by atoms with Gasteiger partial charge >= 0.3 is 19.8 Å². The molecule has 2 N–H and O–H groups in total. The molecule has 1 unspecified atom stereocenters. The van der Waals surface area contributed by atoms with Crippen LogP contribution in [0.15, 0.2) is 0 Å². The van der Waals surface area contributed by atoms with E-state index in [9.17, 15) is 14.2 Å². The first-order valence-electron chi connectivity index (χ1n) is 16.8. The highest BCUT2D eigenvalue weighted by molar-refractivity contribution is 7.46. The minimum absolute atomic E-state index is 0.217. The van der Waals surface area contributed by atoms with Crippen LogP contribution in [0.1, 0.15) is 174 Å².